The highest BCUT2D eigenvalue weighted by Gasteiger charge is 2.49. The second-order valence-electron chi connectivity index (χ2n) is 7.59. The maximum atomic E-state index is 13.7. The largest absolute Gasteiger partial charge is 0.325 e. The molecule has 1 aliphatic rings. The van der Waals surface area contributed by atoms with Crippen LogP contribution in [0.15, 0.2) is 72.8 Å². The lowest BCUT2D eigenvalue weighted by Gasteiger charge is -2.22. The molecule has 0 radical (unpaired) electrons. The second-order valence-corrected chi connectivity index (χ2v) is 7.59. The number of imide groups is 1. The molecule has 1 fully saturated rings. The van der Waals surface area contributed by atoms with Crippen molar-refractivity contribution in [3.8, 4) is 0 Å². The van der Waals surface area contributed by atoms with Gasteiger partial charge in [-0.3, -0.25) is 14.5 Å². The number of hydrogen-bond donors (Lipinski definition) is 2. The molecule has 0 aromatic heterocycles. The molecule has 3 aromatic carbocycles. The van der Waals surface area contributed by atoms with Crippen LogP contribution >= 0.6 is 0 Å². The van der Waals surface area contributed by atoms with Gasteiger partial charge in [0.05, 0.1) is 6.54 Å². The van der Waals surface area contributed by atoms with Gasteiger partial charge in [-0.15, -0.1) is 0 Å². The lowest BCUT2D eigenvalue weighted by molar-refractivity contribution is -0.131. The van der Waals surface area contributed by atoms with E-state index in [0.717, 1.165) is 17.0 Å². The predicted molar refractivity (Wildman–Crippen MR) is 114 cm³/mol. The Morgan fingerprint density at radius 3 is 2.31 bits per heavy atom. The third-order valence-electron chi connectivity index (χ3n) is 5.36. The Labute approximate surface area is 182 Å². The number of nitrogens with zero attached hydrogens (tertiary/aromatic N) is 1. The summed E-state index contributed by atoms with van der Waals surface area (Å²) in [4.78, 5) is 38.8. The van der Waals surface area contributed by atoms with E-state index in [1.54, 1.807) is 36.4 Å². The van der Waals surface area contributed by atoms with Crippen molar-refractivity contribution in [1.82, 2.24) is 10.2 Å². The van der Waals surface area contributed by atoms with Gasteiger partial charge in [-0.25, -0.2) is 13.6 Å². The normalized spacial score (nSPS) is 17.9. The maximum absolute atomic E-state index is 13.7. The molecule has 4 amide bonds. The first-order valence-corrected chi connectivity index (χ1v) is 9.83. The van der Waals surface area contributed by atoms with Crippen LogP contribution in [0.2, 0.25) is 0 Å². The van der Waals surface area contributed by atoms with Crippen molar-refractivity contribution in [2.75, 3.05) is 5.32 Å². The third kappa shape index (κ3) is 3.94. The topological polar surface area (TPSA) is 78.5 Å². The number of carbonyl (C=O) groups excluding carboxylic acids is 3. The van der Waals surface area contributed by atoms with Crippen LogP contribution in [0.5, 0.6) is 0 Å². The van der Waals surface area contributed by atoms with Gasteiger partial charge in [0.2, 0.25) is 0 Å². The number of benzene rings is 3. The van der Waals surface area contributed by atoms with Crippen molar-refractivity contribution in [2.24, 2.45) is 0 Å². The van der Waals surface area contributed by atoms with Crippen LogP contribution in [-0.4, -0.2) is 22.7 Å². The molecule has 162 valence electrons. The van der Waals surface area contributed by atoms with Gasteiger partial charge in [-0.1, -0.05) is 36.4 Å². The Balaban J connectivity index is 1.48. The molecule has 1 atom stereocenters. The van der Waals surface area contributed by atoms with Crippen molar-refractivity contribution in [2.45, 2.75) is 19.0 Å². The van der Waals surface area contributed by atoms with Gasteiger partial charge in [-0.05, 0) is 54.4 Å². The number of rotatable bonds is 5. The van der Waals surface area contributed by atoms with Crippen molar-refractivity contribution in [1.29, 1.82) is 0 Å². The van der Waals surface area contributed by atoms with Gasteiger partial charge >= 0.3 is 6.03 Å². The van der Waals surface area contributed by atoms with Gasteiger partial charge in [0.1, 0.15) is 5.54 Å². The molecular weight excluding hydrogens is 416 g/mol. The summed E-state index contributed by atoms with van der Waals surface area (Å²) in [7, 11) is 0. The number of nitrogens with one attached hydrogen (secondary N) is 2. The van der Waals surface area contributed by atoms with Gasteiger partial charge in [0, 0.05) is 11.3 Å². The Morgan fingerprint density at radius 2 is 1.66 bits per heavy atom. The summed E-state index contributed by atoms with van der Waals surface area (Å²) in [5.41, 5.74) is 0.338. The minimum Gasteiger partial charge on any atom is -0.322 e. The summed E-state index contributed by atoms with van der Waals surface area (Å²) in [6.07, 6.45) is 0. The SMILES string of the molecule is CC1(c2ccc(F)c(F)c2)NC(=O)N(Cc2ccc(C(=O)Nc3ccccc3)cc2)C1=O. The minimum absolute atomic E-state index is 0.0372. The fourth-order valence-corrected chi connectivity index (χ4v) is 3.51. The number of amides is 4. The first kappa shape index (κ1) is 21.2. The summed E-state index contributed by atoms with van der Waals surface area (Å²) in [5, 5.41) is 5.33. The number of urea groups is 1. The monoisotopic (exact) mass is 435 g/mol. The van der Waals surface area contributed by atoms with E-state index in [0.29, 0.717) is 16.8 Å². The van der Waals surface area contributed by atoms with Crippen LogP contribution in [0, 0.1) is 11.6 Å². The third-order valence-corrected chi connectivity index (χ3v) is 5.36. The van der Waals surface area contributed by atoms with E-state index in [-0.39, 0.29) is 18.0 Å². The second kappa shape index (κ2) is 8.22. The van der Waals surface area contributed by atoms with Crippen molar-refractivity contribution < 1.29 is 23.2 Å². The molecule has 0 bridgehead atoms. The molecule has 0 spiro atoms. The Kier molecular flexibility index (Phi) is 5.44. The van der Waals surface area contributed by atoms with E-state index < -0.39 is 29.1 Å². The Hall–Kier alpha value is -4.07. The minimum atomic E-state index is -1.51. The summed E-state index contributed by atoms with van der Waals surface area (Å²) in [6, 6.07) is 17.9. The zero-order valence-corrected chi connectivity index (χ0v) is 17.1. The highest BCUT2D eigenvalue weighted by atomic mass is 19.2. The molecule has 0 aliphatic carbocycles. The van der Waals surface area contributed by atoms with E-state index in [2.05, 4.69) is 10.6 Å². The van der Waals surface area contributed by atoms with Crippen LogP contribution in [0.1, 0.15) is 28.4 Å². The highest BCUT2D eigenvalue weighted by molar-refractivity contribution is 6.07. The van der Waals surface area contributed by atoms with Crippen molar-refractivity contribution >= 4 is 23.5 Å². The average molecular weight is 435 g/mol. The van der Waals surface area contributed by atoms with E-state index in [9.17, 15) is 23.2 Å². The molecule has 8 heteroatoms. The van der Waals surface area contributed by atoms with Gasteiger partial charge in [0.25, 0.3) is 11.8 Å². The van der Waals surface area contributed by atoms with Crippen LogP contribution < -0.4 is 10.6 Å². The maximum Gasteiger partial charge on any atom is 0.325 e. The summed E-state index contributed by atoms with van der Waals surface area (Å²) in [5.74, 6) is -3.01. The number of para-hydroxylation sites is 1. The number of carbonyl (C=O) groups is 3. The van der Waals surface area contributed by atoms with Crippen LogP contribution in [0.4, 0.5) is 19.3 Å². The van der Waals surface area contributed by atoms with Crippen LogP contribution in [0.3, 0.4) is 0 Å². The van der Waals surface area contributed by atoms with Gasteiger partial charge in [0.15, 0.2) is 11.6 Å². The lowest BCUT2D eigenvalue weighted by atomic mass is 9.92. The van der Waals surface area contributed by atoms with E-state index in [1.807, 2.05) is 18.2 Å². The van der Waals surface area contributed by atoms with Crippen molar-refractivity contribution in [3.63, 3.8) is 0 Å². The van der Waals surface area contributed by atoms with Gasteiger partial charge in [-0.2, -0.15) is 0 Å². The first-order valence-electron chi connectivity index (χ1n) is 9.83. The molecule has 32 heavy (non-hydrogen) atoms. The summed E-state index contributed by atoms with van der Waals surface area (Å²) in [6.45, 7) is 1.40. The summed E-state index contributed by atoms with van der Waals surface area (Å²) < 4.78 is 26.9. The van der Waals surface area contributed by atoms with Gasteiger partial charge < -0.3 is 10.6 Å². The molecule has 1 heterocycles. The van der Waals surface area contributed by atoms with Crippen molar-refractivity contribution in [3.05, 3.63) is 101 Å². The number of anilines is 1. The lowest BCUT2D eigenvalue weighted by Crippen LogP contribution is -2.41. The van der Waals surface area contributed by atoms with E-state index >= 15 is 0 Å². The molecule has 3 aromatic rings. The number of hydrogen-bond acceptors (Lipinski definition) is 3. The Bertz CT molecular complexity index is 1200. The smallest absolute Gasteiger partial charge is 0.322 e. The van der Waals surface area contributed by atoms with Crippen LogP contribution in [0.25, 0.3) is 0 Å². The molecule has 0 saturated carbocycles. The van der Waals surface area contributed by atoms with E-state index in [1.165, 1.54) is 13.0 Å². The van der Waals surface area contributed by atoms with E-state index in [4.69, 9.17) is 0 Å². The average Bonchev–Trinajstić information content (AvgIpc) is 3.00. The zero-order valence-electron chi connectivity index (χ0n) is 17.1. The molecule has 2 N–H and O–H groups in total. The van der Waals surface area contributed by atoms with Crippen LogP contribution in [-0.2, 0) is 16.9 Å². The summed E-state index contributed by atoms with van der Waals surface area (Å²) >= 11 is 0. The standard InChI is InChI=1S/C24H19F2N3O3/c1-24(17-11-12-19(25)20(26)13-17)22(31)29(23(32)28-24)14-15-7-9-16(10-8-15)21(30)27-18-5-3-2-4-6-18/h2-13H,14H2,1H3,(H,27,30)(H,28,32). The fraction of sp³-hybridized carbons (Fsp3) is 0.125. The molecule has 4 rings (SSSR count). The molecule has 1 aliphatic heterocycles. The highest BCUT2D eigenvalue weighted by Crippen LogP contribution is 2.30. The Morgan fingerprint density at radius 1 is 0.969 bits per heavy atom. The number of halogens is 2. The quantitative estimate of drug-likeness (QED) is 0.590. The molecular formula is C24H19F2N3O3. The predicted octanol–water partition coefficient (Wildman–Crippen LogP) is 4.18. The first-order chi connectivity index (χ1) is 15.3. The fourth-order valence-electron chi connectivity index (χ4n) is 3.51. The molecule has 1 saturated heterocycles. The zero-order chi connectivity index (χ0) is 22.9. The molecule has 6 nitrogen and oxygen atoms in total. The molecule has 1 unspecified atom stereocenters.